The van der Waals surface area contributed by atoms with E-state index in [2.05, 4.69) is 0 Å². The third-order valence-corrected chi connectivity index (χ3v) is 2.43. The molecule has 0 saturated carbocycles. The quantitative estimate of drug-likeness (QED) is 0.399. The van der Waals surface area contributed by atoms with Gasteiger partial charge in [-0.05, 0) is 41.0 Å². The highest BCUT2D eigenvalue weighted by Crippen LogP contribution is 2.17. The average molecular weight is 212 g/mol. The third kappa shape index (κ3) is 4.77. The Labute approximate surface area is 91.5 Å². The van der Waals surface area contributed by atoms with Gasteiger partial charge in [-0.2, -0.15) is 0 Å². The van der Waals surface area contributed by atoms with Gasteiger partial charge in [0.15, 0.2) is 0 Å². The van der Waals surface area contributed by atoms with Crippen LogP contribution in [0.4, 0.5) is 0 Å². The first kappa shape index (κ1) is 13.9. The second kappa shape index (κ2) is 6.38. The van der Waals surface area contributed by atoms with Crippen LogP contribution in [-0.4, -0.2) is 18.4 Å². The molecule has 3 nitrogen and oxygen atoms in total. The Kier molecular flexibility index (Phi) is 5.90. The fourth-order valence-corrected chi connectivity index (χ4v) is 1.15. The van der Waals surface area contributed by atoms with Crippen LogP contribution in [0, 0.1) is 5.92 Å². The lowest BCUT2D eigenvalue weighted by Gasteiger charge is -2.13. The molecule has 0 aliphatic heterocycles. The lowest BCUT2D eigenvalue weighted by molar-refractivity contribution is -0.151. The van der Waals surface area contributed by atoms with Crippen molar-refractivity contribution in [1.29, 1.82) is 0 Å². The van der Waals surface area contributed by atoms with Gasteiger partial charge in [0.25, 0.3) is 0 Å². The third-order valence-electron chi connectivity index (χ3n) is 2.43. The molecule has 0 radical (unpaired) electrons. The molecule has 0 heterocycles. The first-order valence-electron chi connectivity index (χ1n) is 5.20. The van der Waals surface area contributed by atoms with Crippen LogP contribution in [0.3, 0.4) is 0 Å². The molecule has 0 fully saturated rings. The molecule has 0 spiro atoms. The minimum Gasteiger partial charge on any atom is -0.465 e. The zero-order chi connectivity index (χ0) is 12.0. The van der Waals surface area contributed by atoms with Gasteiger partial charge >= 0.3 is 5.97 Å². The van der Waals surface area contributed by atoms with E-state index in [1.807, 2.05) is 20.8 Å². The molecule has 0 N–H and O–H groups in total. The van der Waals surface area contributed by atoms with Gasteiger partial charge in [-0.25, -0.2) is 0 Å². The summed E-state index contributed by atoms with van der Waals surface area (Å²) in [4.78, 5) is 22.8. The van der Waals surface area contributed by atoms with Gasteiger partial charge in [0, 0.05) is 0 Å². The van der Waals surface area contributed by atoms with Crippen LogP contribution in [0.2, 0.25) is 0 Å². The van der Waals surface area contributed by atoms with Gasteiger partial charge < -0.3 is 4.74 Å². The van der Waals surface area contributed by atoms with E-state index in [9.17, 15) is 9.59 Å². The van der Waals surface area contributed by atoms with Crippen LogP contribution in [0.15, 0.2) is 11.1 Å². The van der Waals surface area contributed by atoms with Crippen molar-refractivity contribution in [2.24, 2.45) is 5.92 Å². The van der Waals surface area contributed by atoms with Gasteiger partial charge in [0.2, 0.25) is 0 Å². The van der Waals surface area contributed by atoms with Crippen LogP contribution in [0.5, 0.6) is 0 Å². The molecule has 0 aromatic heterocycles. The van der Waals surface area contributed by atoms with E-state index in [-0.39, 0.29) is 5.78 Å². The molecule has 1 atom stereocenters. The van der Waals surface area contributed by atoms with Crippen molar-refractivity contribution in [3.05, 3.63) is 11.1 Å². The number of hydrogen-bond acceptors (Lipinski definition) is 3. The van der Waals surface area contributed by atoms with Crippen molar-refractivity contribution < 1.29 is 14.3 Å². The molecule has 0 saturated heterocycles. The monoisotopic (exact) mass is 212 g/mol. The van der Waals surface area contributed by atoms with Crippen LogP contribution in [0.1, 0.15) is 41.0 Å². The molecule has 0 amide bonds. The highest BCUT2D eigenvalue weighted by Gasteiger charge is 2.24. The predicted octanol–water partition coefficient (Wildman–Crippen LogP) is 2.50. The summed E-state index contributed by atoms with van der Waals surface area (Å²) in [5.74, 6) is -1.18. The Hall–Kier alpha value is -1.12. The summed E-state index contributed by atoms with van der Waals surface area (Å²) in [6.45, 7) is 9.36. The zero-order valence-corrected chi connectivity index (χ0v) is 10.2. The maximum Gasteiger partial charge on any atom is 0.316 e. The molecule has 0 rings (SSSR count). The number of allylic oxidation sites excluding steroid dienone is 2. The number of esters is 1. The summed E-state index contributed by atoms with van der Waals surface area (Å²) in [5.41, 5.74) is 2.22. The van der Waals surface area contributed by atoms with Crippen molar-refractivity contribution >= 4 is 11.8 Å². The number of hydrogen-bond donors (Lipinski definition) is 0. The summed E-state index contributed by atoms with van der Waals surface area (Å²) in [7, 11) is 0. The van der Waals surface area contributed by atoms with Gasteiger partial charge in [-0.1, -0.05) is 11.1 Å². The van der Waals surface area contributed by atoms with E-state index >= 15 is 0 Å². The Morgan fingerprint density at radius 2 is 1.67 bits per heavy atom. The Bertz CT molecular complexity index is 273. The van der Waals surface area contributed by atoms with Crippen molar-refractivity contribution in [3.63, 3.8) is 0 Å². The summed E-state index contributed by atoms with van der Waals surface area (Å²) >= 11 is 0. The molecule has 1 unspecified atom stereocenters. The summed E-state index contributed by atoms with van der Waals surface area (Å²) < 4.78 is 4.86. The topological polar surface area (TPSA) is 43.4 Å². The average Bonchev–Trinajstić information content (AvgIpc) is 2.13. The Balaban J connectivity index is 4.63. The normalized spacial score (nSPS) is 11.8. The van der Waals surface area contributed by atoms with Crippen molar-refractivity contribution in [2.75, 3.05) is 6.61 Å². The molecule has 0 bridgehead atoms. The largest absolute Gasteiger partial charge is 0.465 e. The highest BCUT2D eigenvalue weighted by atomic mass is 16.5. The summed E-state index contributed by atoms with van der Waals surface area (Å²) in [6.07, 6.45) is 0.469. The lowest BCUT2D eigenvalue weighted by atomic mass is 9.94. The smallest absolute Gasteiger partial charge is 0.316 e. The van der Waals surface area contributed by atoms with Crippen molar-refractivity contribution in [1.82, 2.24) is 0 Å². The van der Waals surface area contributed by atoms with Gasteiger partial charge in [0.1, 0.15) is 11.7 Å². The fourth-order valence-electron chi connectivity index (χ4n) is 1.15. The van der Waals surface area contributed by atoms with E-state index < -0.39 is 11.9 Å². The Morgan fingerprint density at radius 3 is 2.00 bits per heavy atom. The first-order chi connectivity index (χ1) is 6.90. The van der Waals surface area contributed by atoms with Crippen molar-refractivity contribution in [2.45, 2.75) is 41.0 Å². The standard InChI is InChI=1S/C12H20O3/c1-6-15-12(14)11(10(5)13)7-9(4)8(2)3/h11H,6-7H2,1-5H3. The molecule has 15 heavy (non-hydrogen) atoms. The molecule has 0 aliphatic carbocycles. The summed E-state index contributed by atoms with van der Waals surface area (Å²) in [6, 6.07) is 0. The van der Waals surface area contributed by atoms with Crippen LogP contribution < -0.4 is 0 Å². The number of ether oxygens (including phenoxy) is 1. The van der Waals surface area contributed by atoms with E-state index in [0.29, 0.717) is 13.0 Å². The molecular formula is C12H20O3. The number of rotatable bonds is 5. The zero-order valence-electron chi connectivity index (χ0n) is 10.2. The molecule has 86 valence electrons. The second-order valence-corrected chi connectivity index (χ2v) is 3.90. The van der Waals surface area contributed by atoms with E-state index in [1.54, 1.807) is 6.92 Å². The van der Waals surface area contributed by atoms with Crippen LogP contribution in [-0.2, 0) is 14.3 Å². The number of ketones is 1. The molecular weight excluding hydrogens is 192 g/mol. The fraction of sp³-hybridized carbons (Fsp3) is 0.667. The minimum absolute atomic E-state index is 0.131. The van der Waals surface area contributed by atoms with Crippen LogP contribution in [0.25, 0.3) is 0 Å². The van der Waals surface area contributed by atoms with E-state index in [4.69, 9.17) is 4.74 Å². The van der Waals surface area contributed by atoms with E-state index in [1.165, 1.54) is 6.92 Å². The number of carbonyl (C=O) groups is 2. The predicted molar refractivity (Wildman–Crippen MR) is 59.5 cm³/mol. The first-order valence-corrected chi connectivity index (χ1v) is 5.20. The number of carbonyl (C=O) groups excluding carboxylic acids is 2. The lowest BCUT2D eigenvalue weighted by Crippen LogP contribution is -2.24. The highest BCUT2D eigenvalue weighted by molar-refractivity contribution is 5.97. The van der Waals surface area contributed by atoms with E-state index in [0.717, 1.165) is 11.1 Å². The maximum absolute atomic E-state index is 11.5. The molecule has 0 aromatic rings. The van der Waals surface area contributed by atoms with Gasteiger partial charge in [-0.15, -0.1) is 0 Å². The molecule has 0 aliphatic rings. The Morgan fingerprint density at radius 1 is 1.13 bits per heavy atom. The maximum atomic E-state index is 11.5. The molecule has 0 aromatic carbocycles. The second-order valence-electron chi connectivity index (χ2n) is 3.90. The minimum atomic E-state index is -0.639. The van der Waals surface area contributed by atoms with Crippen molar-refractivity contribution in [3.8, 4) is 0 Å². The van der Waals surface area contributed by atoms with Gasteiger partial charge in [-0.3, -0.25) is 9.59 Å². The number of Topliss-reactive ketones (excluding diaryl/α,β-unsaturated/α-hetero) is 1. The van der Waals surface area contributed by atoms with Crippen LogP contribution >= 0.6 is 0 Å². The van der Waals surface area contributed by atoms with Gasteiger partial charge in [0.05, 0.1) is 6.61 Å². The summed E-state index contributed by atoms with van der Waals surface area (Å²) in [5, 5.41) is 0. The molecule has 3 heteroatoms. The SMILES string of the molecule is CCOC(=O)C(CC(C)=C(C)C)C(C)=O.